The van der Waals surface area contributed by atoms with Crippen molar-refractivity contribution in [3.63, 3.8) is 0 Å². The molecule has 1 aliphatic rings. The molecule has 1 fully saturated rings. The molecule has 1 aliphatic heterocycles. The molecule has 0 amide bonds. The summed E-state index contributed by atoms with van der Waals surface area (Å²) in [5.74, 6) is 0. The van der Waals surface area contributed by atoms with Gasteiger partial charge in [-0.3, -0.25) is 0 Å². The molecule has 0 atom stereocenters. The molecule has 6 heavy (non-hydrogen) atoms. The van der Waals surface area contributed by atoms with Crippen LogP contribution in [0.5, 0.6) is 0 Å². The predicted molar refractivity (Wildman–Crippen MR) is 25.8 cm³/mol. The van der Waals surface area contributed by atoms with Gasteiger partial charge in [-0.25, -0.2) is 0 Å². The Morgan fingerprint density at radius 3 is 1.67 bits per heavy atom. The predicted octanol–water partition coefficient (Wildman–Crippen LogP) is 0.416. The van der Waals surface area contributed by atoms with E-state index in [9.17, 15) is 0 Å². The van der Waals surface area contributed by atoms with Gasteiger partial charge < -0.3 is 4.74 Å². The molecular formula is C4H8BiO. The van der Waals surface area contributed by atoms with Crippen molar-refractivity contribution >= 4 is 26.2 Å². The minimum absolute atomic E-state index is 0. The summed E-state index contributed by atoms with van der Waals surface area (Å²) in [6, 6.07) is 0. The summed E-state index contributed by atoms with van der Waals surface area (Å²) < 4.78 is 4.94. The summed E-state index contributed by atoms with van der Waals surface area (Å²) in [5, 5.41) is 0. The zero-order chi connectivity index (χ0) is 3.54. The fourth-order valence-corrected chi connectivity index (χ4v) is 0.510. The average molecular weight is 281 g/mol. The van der Waals surface area contributed by atoms with E-state index in [1.807, 2.05) is 0 Å². The number of hydrogen-bond acceptors (Lipinski definition) is 1. The molecule has 0 saturated carbocycles. The average Bonchev–Trinajstić information content (AvgIpc) is 1.76. The quantitative estimate of drug-likeness (QED) is 0.585. The maximum absolute atomic E-state index is 4.94. The van der Waals surface area contributed by atoms with Gasteiger partial charge in [0.2, 0.25) is 0 Å². The Hall–Kier alpha value is 0.843. The Labute approximate surface area is 57.2 Å². The van der Waals surface area contributed by atoms with Crippen molar-refractivity contribution in [2.45, 2.75) is 12.8 Å². The number of rotatable bonds is 0. The van der Waals surface area contributed by atoms with E-state index in [0.717, 1.165) is 13.2 Å². The smallest absolute Gasteiger partial charge is 0.0466 e. The molecule has 0 aromatic heterocycles. The monoisotopic (exact) mass is 281 g/mol. The molecule has 3 radical (unpaired) electrons. The third kappa shape index (κ3) is 2.10. The van der Waals surface area contributed by atoms with Crippen LogP contribution in [-0.2, 0) is 4.74 Å². The van der Waals surface area contributed by atoms with Crippen LogP contribution in [0, 0.1) is 0 Å². The van der Waals surface area contributed by atoms with Gasteiger partial charge >= 0.3 is 0 Å². The Morgan fingerprint density at radius 1 is 1.00 bits per heavy atom. The van der Waals surface area contributed by atoms with Crippen LogP contribution in [0.4, 0.5) is 0 Å². The molecular weight excluding hydrogens is 273 g/mol. The molecule has 2 heteroatoms. The Balaban J connectivity index is 0.000000250. The maximum Gasteiger partial charge on any atom is 0.0466 e. The standard InChI is InChI=1S/C4H8O.Bi/c1-2-4-5-3-1;/h1-4H2;. The van der Waals surface area contributed by atoms with E-state index in [4.69, 9.17) is 4.74 Å². The van der Waals surface area contributed by atoms with Crippen LogP contribution < -0.4 is 0 Å². The van der Waals surface area contributed by atoms with Crippen molar-refractivity contribution in [3.8, 4) is 0 Å². The van der Waals surface area contributed by atoms with E-state index in [2.05, 4.69) is 0 Å². The second-order valence-electron chi connectivity index (χ2n) is 1.32. The van der Waals surface area contributed by atoms with Gasteiger partial charge in [0.1, 0.15) is 0 Å². The third-order valence-corrected chi connectivity index (χ3v) is 0.827. The van der Waals surface area contributed by atoms with E-state index in [1.165, 1.54) is 12.8 Å². The molecule has 35 valence electrons. The molecule has 0 aromatic carbocycles. The SMILES string of the molecule is C1CCOC1.[Bi]. The summed E-state index contributed by atoms with van der Waals surface area (Å²) in [4.78, 5) is 0. The Morgan fingerprint density at radius 2 is 1.50 bits per heavy atom. The van der Waals surface area contributed by atoms with E-state index in [0.29, 0.717) is 0 Å². The largest absolute Gasteiger partial charge is 0.381 e. The van der Waals surface area contributed by atoms with Crippen molar-refractivity contribution in [2.24, 2.45) is 0 Å². The molecule has 0 spiro atoms. The molecule has 0 unspecified atom stereocenters. The fourth-order valence-electron chi connectivity index (χ4n) is 0.510. The van der Waals surface area contributed by atoms with E-state index >= 15 is 0 Å². The molecule has 0 bridgehead atoms. The summed E-state index contributed by atoms with van der Waals surface area (Å²) in [6.07, 6.45) is 2.56. The Kier molecular flexibility index (Phi) is 4.58. The van der Waals surface area contributed by atoms with Crippen molar-refractivity contribution in [1.82, 2.24) is 0 Å². The van der Waals surface area contributed by atoms with Crippen molar-refractivity contribution in [1.29, 1.82) is 0 Å². The van der Waals surface area contributed by atoms with Crippen molar-refractivity contribution in [3.05, 3.63) is 0 Å². The number of hydrogen-bond donors (Lipinski definition) is 0. The second-order valence-corrected chi connectivity index (χ2v) is 1.32. The van der Waals surface area contributed by atoms with E-state index in [1.54, 1.807) is 0 Å². The van der Waals surface area contributed by atoms with Crippen molar-refractivity contribution in [2.75, 3.05) is 13.2 Å². The summed E-state index contributed by atoms with van der Waals surface area (Å²) in [7, 11) is 0. The van der Waals surface area contributed by atoms with Crippen molar-refractivity contribution < 1.29 is 4.74 Å². The molecule has 0 aromatic rings. The minimum atomic E-state index is 0. The van der Waals surface area contributed by atoms with Gasteiger partial charge in [0.25, 0.3) is 0 Å². The van der Waals surface area contributed by atoms with Gasteiger partial charge in [-0.2, -0.15) is 0 Å². The zero-order valence-electron chi connectivity index (χ0n) is 3.68. The van der Waals surface area contributed by atoms with E-state index < -0.39 is 0 Å². The van der Waals surface area contributed by atoms with Crippen LogP contribution in [-0.4, -0.2) is 39.4 Å². The van der Waals surface area contributed by atoms with Crippen LogP contribution in [0.2, 0.25) is 0 Å². The molecule has 0 aliphatic carbocycles. The summed E-state index contributed by atoms with van der Waals surface area (Å²) in [5.41, 5.74) is 0. The Bertz CT molecular complexity index is 19.1. The number of ether oxygens (including phenoxy) is 1. The summed E-state index contributed by atoms with van der Waals surface area (Å²) >= 11 is 0. The van der Waals surface area contributed by atoms with Crippen LogP contribution in [0.3, 0.4) is 0 Å². The minimum Gasteiger partial charge on any atom is -0.381 e. The second kappa shape index (κ2) is 4.01. The van der Waals surface area contributed by atoms with Crippen LogP contribution in [0.15, 0.2) is 0 Å². The van der Waals surface area contributed by atoms with Gasteiger partial charge in [-0.05, 0) is 12.8 Å². The first-order valence-electron chi connectivity index (χ1n) is 2.08. The van der Waals surface area contributed by atoms with Gasteiger partial charge in [0.15, 0.2) is 0 Å². The first-order valence-corrected chi connectivity index (χ1v) is 2.08. The topological polar surface area (TPSA) is 9.23 Å². The van der Waals surface area contributed by atoms with Crippen LogP contribution in [0.1, 0.15) is 12.8 Å². The van der Waals surface area contributed by atoms with Crippen LogP contribution >= 0.6 is 0 Å². The maximum atomic E-state index is 4.94. The van der Waals surface area contributed by atoms with Gasteiger partial charge in [0.05, 0.1) is 0 Å². The summed E-state index contributed by atoms with van der Waals surface area (Å²) in [6.45, 7) is 2.00. The first-order chi connectivity index (χ1) is 2.50. The molecule has 1 heterocycles. The molecule has 1 rings (SSSR count). The third-order valence-electron chi connectivity index (χ3n) is 0.827. The van der Waals surface area contributed by atoms with Gasteiger partial charge in [-0.1, -0.05) is 0 Å². The van der Waals surface area contributed by atoms with E-state index in [-0.39, 0.29) is 26.2 Å². The molecule has 1 nitrogen and oxygen atoms in total. The zero-order valence-corrected chi connectivity index (χ0v) is 7.16. The molecule has 0 N–H and O–H groups in total. The van der Waals surface area contributed by atoms with Gasteiger partial charge in [0, 0.05) is 39.4 Å². The van der Waals surface area contributed by atoms with Crippen LogP contribution in [0.25, 0.3) is 0 Å². The fraction of sp³-hybridized carbons (Fsp3) is 1.00. The first kappa shape index (κ1) is 6.84. The normalized spacial score (nSPS) is 20.0. The van der Waals surface area contributed by atoms with Gasteiger partial charge in [-0.15, -0.1) is 0 Å². The molecule has 1 saturated heterocycles.